The number of benzene rings is 2. The number of halogens is 2. The van der Waals surface area contributed by atoms with E-state index in [0.29, 0.717) is 5.57 Å². The normalized spacial score (nSPS) is 33.6. The van der Waals surface area contributed by atoms with Gasteiger partial charge in [0.2, 0.25) is 11.8 Å². The smallest absolute Gasteiger partial charge is 0.253 e. The van der Waals surface area contributed by atoms with Gasteiger partial charge >= 0.3 is 0 Å². The van der Waals surface area contributed by atoms with Gasteiger partial charge in [0.05, 0.1) is 25.5 Å². The fourth-order valence-corrected chi connectivity index (χ4v) is 8.05. The Morgan fingerprint density at radius 2 is 1.69 bits per heavy atom. The van der Waals surface area contributed by atoms with E-state index in [-0.39, 0.29) is 48.3 Å². The second kappa shape index (κ2) is 8.83. The molecule has 2 saturated heterocycles. The SMILES string of the molecule is COc1cccc(O)c1[C@H]1C2=CC[C@@H]3C(=O)N(Cc4ccccc4)C(=O)[C@@H]3[C@@H]2C[C@@]2(Cl)C(=O)N(C)C(=O)[C@@]12Cl. The third-order valence-electron chi connectivity index (χ3n) is 8.84. The highest BCUT2D eigenvalue weighted by Crippen LogP contribution is 2.66. The first kappa shape index (κ1) is 25.9. The minimum Gasteiger partial charge on any atom is -0.508 e. The van der Waals surface area contributed by atoms with Gasteiger partial charge in [-0.05, 0) is 36.5 Å². The van der Waals surface area contributed by atoms with E-state index in [4.69, 9.17) is 27.9 Å². The number of amides is 4. The topological polar surface area (TPSA) is 104 Å². The van der Waals surface area contributed by atoms with Crippen LogP contribution in [0.3, 0.4) is 0 Å². The summed E-state index contributed by atoms with van der Waals surface area (Å²) in [6.45, 7) is 0.135. The van der Waals surface area contributed by atoms with Crippen LogP contribution in [0.25, 0.3) is 0 Å². The fourth-order valence-electron chi connectivity index (χ4n) is 7.05. The minimum absolute atomic E-state index is 0.107. The molecule has 0 bridgehead atoms. The number of alkyl halides is 2. The van der Waals surface area contributed by atoms with Crippen molar-refractivity contribution < 1.29 is 29.0 Å². The molecule has 202 valence electrons. The quantitative estimate of drug-likeness (QED) is 0.343. The van der Waals surface area contributed by atoms with Gasteiger partial charge < -0.3 is 9.84 Å². The molecule has 3 fully saturated rings. The first-order chi connectivity index (χ1) is 18.6. The molecule has 1 saturated carbocycles. The lowest BCUT2D eigenvalue weighted by Gasteiger charge is -2.51. The molecule has 2 aromatic rings. The lowest BCUT2D eigenvalue weighted by atomic mass is 9.56. The summed E-state index contributed by atoms with van der Waals surface area (Å²) < 4.78 is 5.55. The van der Waals surface area contributed by atoms with Crippen LogP contribution in [0, 0.1) is 17.8 Å². The largest absolute Gasteiger partial charge is 0.508 e. The van der Waals surface area contributed by atoms with Gasteiger partial charge in [-0.2, -0.15) is 0 Å². The molecule has 39 heavy (non-hydrogen) atoms. The Labute approximate surface area is 235 Å². The van der Waals surface area contributed by atoms with Crippen LogP contribution in [0.1, 0.15) is 29.9 Å². The van der Waals surface area contributed by atoms with Gasteiger partial charge in [0.15, 0.2) is 9.75 Å². The van der Waals surface area contributed by atoms with Gasteiger partial charge in [0.25, 0.3) is 11.8 Å². The summed E-state index contributed by atoms with van der Waals surface area (Å²) in [6, 6.07) is 13.9. The summed E-state index contributed by atoms with van der Waals surface area (Å²) >= 11 is 14.3. The van der Waals surface area contributed by atoms with Crippen LogP contribution in [-0.4, -0.2) is 62.4 Å². The van der Waals surface area contributed by atoms with E-state index in [1.807, 2.05) is 36.4 Å². The van der Waals surface area contributed by atoms with Crippen molar-refractivity contribution >= 4 is 46.8 Å². The van der Waals surface area contributed by atoms with E-state index < -0.39 is 45.2 Å². The average molecular weight is 569 g/mol. The molecule has 6 atom stereocenters. The molecule has 4 amide bonds. The molecule has 10 heteroatoms. The van der Waals surface area contributed by atoms with E-state index in [1.54, 1.807) is 12.1 Å². The number of fused-ring (bicyclic) bond motifs is 4. The van der Waals surface area contributed by atoms with E-state index in [2.05, 4.69) is 0 Å². The van der Waals surface area contributed by atoms with Crippen LogP contribution in [0.5, 0.6) is 11.5 Å². The van der Waals surface area contributed by atoms with Crippen molar-refractivity contribution in [3.05, 3.63) is 71.3 Å². The predicted octanol–water partition coefficient (Wildman–Crippen LogP) is 3.59. The van der Waals surface area contributed by atoms with Gasteiger partial charge in [-0.25, -0.2) is 0 Å². The average Bonchev–Trinajstić information content (AvgIpc) is 3.24. The number of carbonyl (C=O) groups is 4. The maximum absolute atomic E-state index is 13.9. The molecule has 8 nitrogen and oxygen atoms in total. The molecule has 0 radical (unpaired) electrons. The number of methoxy groups -OCH3 is 1. The molecule has 0 aromatic heterocycles. The van der Waals surface area contributed by atoms with Crippen LogP contribution in [-0.2, 0) is 25.7 Å². The molecular weight excluding hydrogens is 543 g/mol. The van der Waals surface area contributed by atoms with Crippen molar-refractivity contribution in [2.45, 2.75) is 35.1 Å². The van der Waals surface area contributed by atoms with E-state index in [9.17, 15) is 24.3 Å². The number of hydrogen-bond acceptors (Lipinski definition) is 6. The van der Waals surface area contributed by atoms with Crippen molar-refractivity contribution in [2.24, 2.45) is 17.8 Å². The van der Waals surface area contributed by atoms with Crippen LogP contribution in [0.4, 0.5) is 0 Å². The lowest BCUT2D eigenvalue weighted by molar-refractivity contribution is -0.141. The van der Waals surface area contributed by atoms with Crippen molar-refractivity contribution in [1.29, 1.82) is 0 Å². The number of aromatic hydroxyl groups is 1. The van der Waals surface area contributed by atoms with Gasteiger partial charge in [-0.15, -0.1) is 23.2 Å². The third-order valence-corrected chi connectivity index (χ3v) is 10.3. The van der Waals surface area contributed by atoms with Gasteiger partial charge in [0, 0.05) is 18.5 Å². The van der Waals surface area contributed by atoms with Crippen LogP contribution in [0.15, 0.2) is 60.2 Å². The molecule has 0 spiro atoms. The van der Waals surface area contributed by atoms with E-state index >= 15 is 0 Å². The number of ether oxygens (including phenoxy) is 1. The molecule has 2 aromatic carbocycles. The van der Waals surface area contributed by atoms with Crippen molar-refractivity contribution in [3.8, 4) is 11.5 Å². The summed E-state index contributed by atoms with van der Waals surface area (Å²) in [6.07, 6.45) is 1.97. The van der Waals surface area contributed by atoms with Gasteiger partial charge in [-0.3, -0.25) is 29.0 Å². The first-order valence-corrected chi connectivity index (χ1v) is 13.5. The highest BCUT2D eigenvalue weighted by molar-refractivity contribution is 6.53. The second-order valence-corrected chi connectivity index (χ2v) is 11.9. The van der Waals surface area contributed by atoms with Crippen LogP contribution >= 0.6 is 23.2 Å². The number of carbonyl (C=O) groups excluding carboxylic acids is 4. The monoisotopic (exact) mass is 568 g/mol. The van der Waals surface area contributed by atoms with Crippen LogP contribution < -0.4 is 4.74 Å². The molecule has 1 N–H and O–H groups in total. The summed E-state index contributed by atoms with van der Waals surface area (Å²) in [7, 11) is 2.75. The zero-order chi connectivity index (χ0) is 27.9. The Balaban J connectivity index is 1.51. The lowest BCUT2D eigenvalue weighted by Crippen LogP contribution is -2.60. The molecule has 6 rings (SSSR count). The molecule has 2 aliphatic carbocycles. The molecule has 0 unspecified atom stereocenters. The highest BCUT2D eigenvalue weighted by Gasteiger charge is 2.76. The number of nitrogens with zero attached hydrogens (tertiary/aromatic N) is 2. The molecule has 2 heterocycles. The number of allylic oxidation sites excluding steroid dienone is 2. The number of rotatable bonds is 4. The zero-order valence-electron chi connectivity index (χ0n) is 21.3. The summed E-state index contributed by atoms with van der Waals surface area (Å²) in [5, 5.41) is 11.0. The Hall–Kier alpha value is -3.36. The molecular formula is C29H26Cl2N2O6. The number of phenolic OH excluding ortho intramolecular Hbond substituents is 1. The Kier molecular flexibility index (Phi) is 5.86. The standard InChI is InChI=1S/C29H26Cl2N2O6/c1-32-26(37)28(30)13-18-16(23(29(28,31)27(32)38)22-19(34)9-6-10-20(22)39-2)11-12-17-21(18)25(36)33(24(17)35)14-15-7-4-3-5-8-15/h3-11,17-18,21,23,34H,12-14H2,1-2H3/t17-,18+,21-,23+,28+,29-/m0/s1. The van der Waals surface area contributed by atoms with Crippen LogP contribution in [0.2, 0.25) is 0 Å². The Morgan fingerprint density at radius 3 is 2.38 bits per heavy atom. The number of imide groups is 2. The fraction of sp³-hybridized carbons (Fsp3) is 0.379. The summed E-state index contributed by atoms with van der Waals surface area (Å²) in [4.78, 5) is 52.9. The maximum Gasteiger partial charge on any atom is 0.253 e. The van der Waals surface area contributed by atoms with Gasteiger partial charge in [-0.1, -0.05) is 48.0 Å². The number of hydrogen-bond donors (Lipinski definition) is 1. The number of phenols is 1. The molecule has 2 aliphatic heterocycles. The maximum atomic E-state index is 13.9. The Bertz CT molecular complexity index is 1460. The van der Waals surface area contributed by atoms with E-state index in [1.165, 1.54) is 25.1 Å². The van der Waals surface area contributed by atoms with E-state index in [0.717, 1.165) is 10.5 Å². The zero-order valence-corrected chi connectivity index (χ0v) is 22.8. The minimum atomic E-state index is -1.99. The van der Waals surface area contributed by atoms with Gasteiger partial charge in [0.1, 0.15) is 11.5 Å². The second-order valence-electron chi connectivity index (χ2n) is 10.6. The highest BCUT2D eigenvalue weighted by atomic mass is 35.5. The third kappa shape index (κ3) is 3.31. The summed E-state index contributed by atoms with van der Waals surface area (Å²) in [5.74, 6) is -5.08. The van der Waals surface area contributed by atoms with Crippen molar-refractivity contribution in [2.75, 3.05) is 14.2 Å². The predicted molar refractivity (Wildman–Crippen MR) is 142 cm³/mol. The van der Waals surface area contributed by atoms with Crippen molar-refractivity contribution in [3.63, 3.8) is 0 Å². The first-order valence-electron chi connectivity index (χ1n) is 12.7. The molecule has 4 aliphatic rings. The summed E-state index contributed by atoms with van der Waals surface area (Å²) in [5.41, 5.74) is 1.63. The number of likely N-dealkylation sites (tertiary alicyclic amines) is 2. The Morgan fingerprint density at radius 1 is 0.974 bits per heavy atom. The van der Waals surface area contributed by atoms with Crippen molar-refractivity contribution in [1.82, 2.24) is 9.80 Å².